The zero-order chi connectivity index (χ0) is 23.9. The standard InChI is InChI=1S/C28H27FN2O3/c1-2-15-30(28(33)24-12-11-22-6-3-4-7-23(22)17-24)20-27(32)31(19-26-8-5-16-34-26)18-21-9-13-25(29)14-10-21/h3-14,16-17H,2,15,18-20H2,1H3. The number of benzene rings is 3. The molecule has 34 heavy (non-hydrogen) atoms. The third-order valence-corrected chi connectivity index (χ3v) is 5.67. The molecule has 1 aromatic heterocycles. The third kappa shape index (κ3) is 5.70. The highest BCUT2D eigenvalue weighted by Crippen LogP contribution is 2.18. The molecular formula is C28H27FN2O3. The van der Waals surface area contributed by atoms with E-state index in [0.29, 0.717) is 17.9 Å². The molecule has 0 aliphatic rings. The molecule has 0 N–H and O–H groups in total. The fourth-order valence-electron chi connectivity index (χ4n) is 3.92. The van der Waals surface area contributed by atoms with Crippen LogP contribution in [0, 0.1) is 5.82 Å². The van der Waals surface area contributed by atoms with Gasteiger partial charge in [-0.05, 0) is 59.2 Å². The lowest BCUT2D eigenvalue weighted by atomic mass is 10.1. The molecule has 1 heterocycles. The van der Waals surface area contributed by atoms with E-state index in [0.717, 1.165) is 22.8 Å². The van der Waals surface area contributed by atoms with Gasteiger partial charge in [0.05, 0.1) is 12.8 Å². The minimum atomic E-state index is -0.331. The predicted octanol–water partition coefficient (Wildman–Crippen LogP) is 5.65. The quantitative estimate of drug-likeness (QED) is 0.326. The Balaban J connectivity index is 1.54. The summed E-state index contributed by atoms with van der Waals surface area (Å²) in [5.74, 6) is -0.0786. The van der Waals surface area contributed by atoms with E-state index < -0.39 is 0 Å². The van der Waals surface area contributed by atoms with Crippen molar-refractivity contribution in [2.24, 2.45) is 0 Å². The fraction of sp³-hybridized carbons (Fsp3) is 0.214. The molecule has 4 rings (SSSR count). The van der Waals surface area contributed by atoms with Crippen molar-refractivity contribution in [3.8, 4) is 0 Å². The smallest absolute Gasteiger partial charge is 0.254 e. The number of hydrogen-bond acceptors (Lipinski definition) is 3. The molecule has 2 amide bonds. The second-order valence-electron chi connectivity index (χ2n) is 8.24. The summed E-state index contributed by atoms with van der Waals surface area (Å²) >= 11 is 0. The summed E-state index contributed by atoms with van der Waals surface area (Å²) in [5, 5.41) is 2.04. The van der Waals surface area contributed by atoms with E-state index in [9.17, 15) is 14.0 Å². The number of rotatable bonds is 9. The molecule has 6 heteroatoms. The Morgan fingerprint density at radius 2 is 1.62 bits per heavy atom. The molecule has 0 atom stereocenters. The number of amides is 2. The van der Waals surface area contributed by atoms with Gasteiger partial charge in [-0.1, -0.05) is 49.4 Å². The van der Waals surface area contributed by atoms with Gasteiger partial charge in [0.25, 0.3) is 5.91 Å². The van der Waals surface area contributed by atoms with Crippen LogP contribution in [0.1, 0.15) is 35.0 Å². The van der Waals surface area contributed by atoms with Crippen LogP contribution in [0.25, 0.3) is 10.8 Å². The lowest BCUT2D eigenvalue weighted by Crippen LogP contribution is -2.42. The van der Waals surface area contributed by atoms with Crippen LogP contribution in [0.3, 0.4) is 0 Å². The Morgan fingerprint density at radius 1 is 0.853 bits per heavy atom. The summed E-state index contributed by atoms with van der Waals surface area (Å²) in [6.45, 7) is 2.92. The average Bonchev–Trinajstić information content (AvgIpc) is 3.37. The van der Waals surface area contributed by atoms with Crippen LogP contribution in [0.4, 0.5) is 4.39 Å². The fourth-order valence-corrected chi connectivity index (χ4v) is 3.92. The molecule has 4 aromatic rings. The number of hydrogen-bond donors (Lipinski definition) is 0. The number of halogens is 1. The average molecular weight is 459 g/mol. The van der Waals surface area contributed by atoms with Crippen molar-refractivity contribution >= 4 is 22.6 Å². The van der Waals surface area contributed by atoms with Crippen LogP contribution in [0.2, 0.25) is 0 Å². The first-order chi connectivity index (χ1) is 16.5. The topological polar surface area (TPSA) is 53.8 Å². The Kier molecular flexibility index (Phi) is 7.38. The lowest BCUT2D eigenvalue weighted by molar-refractivity contribution is -0.133. The SMILES string of the molecule is CCCN(CC(=O)N(Cc1ccc(F)cc1)Cc1ccco1)C(=O)c1ccc2ccccc2c1. The van der Waals surface area contributed by atoms with Gasteiger partial charge >= 0.3 is 0 Å². The number of furan rings is 1. The van der Waals surface area contributed by atoms with Crippen molar-refractivity contribution in [2.75, 3.05) is 13.1 Å². The van der Waals surface area contributed by atoms with Crippen LogP contribution in [-0.2, 0) is 17.9 Å². The summed E-state index contributed by atoms with van der Waals surface area (Å²) in [6.07, 6.45) is 2.28. The lowest BCUT2D eigenvalue weighted by Gasteiger charge is -2.27. The maximum Gasteiger partial charge on any atom is 0.254 e. The van der Waals surface area contributed by atoms with Gasteiger partial charge in [-0.3, -0.25) is 9.59 Å². The molecule has 0 radical (unpaired) electrons. The molecule has 0 bridgehead atoms. The number of nitrogens with zero attached hydrogens (tertiary/aromatic N) is 2. The first kappa shape index (κ1) is 23.2. The van der Waals surface area contributed by atoms with Gasteiger partial charge in [0.2, 0.25) is 5.91 Å². The van der Waals surface area contributed by atoms with Crippen molar-refractivity contribution < 1.29 is 18.4 Å². The van der Waals surface area contributed by atoms with Crippen LogP contribution < -0.4 is 0 Å². The minimum Gasteiger partial charge on any atom is -0.467 e. The van der Waals surface area contributed by atoms with Crippen molar-refractivity contribution in [1.82, 2.24) is 9.80 Å². The van der Waals surface area contributed by atoms with Gasteiger partial charge < -0.3 is 14.2 Å². The maximum atomic E-state index is 13.4. The van der Waals surface area contributed by atoms with Crippen LogP contribution in [-0.4, -0.2) is 34.7 Å². The van der Waals surface area contributed by atoms with Gasteiger partial charge in [0.1, 0.15) is 18.1 Å². The highest BCUT2D eigenvalue weighted by Gasteiger charge is 2.23. The Hall–Kier alpha value is -3.93. The van der Waals surface area contributed by atoms with E-state index >= 15 is 0 Å². The van der Waals surface area contributed by atoms with E-state index in [1.54, 1.807) is 46.4 Å². The van der Waals surface area contributed by atoms with Gasteiger partial charge in [-0.25, -0.2) is 4.39 Å². The van der Waals surface area contributed by atoms with Crippen molar-refractivity contribution in [3.05, 3.63) is 108 Å². The summed E-state index contributed by atoms with van der Waals surface area (Å²) in [7, 11) is 0. The first-order valence-corrected chi connectivity index (χ1v) is 11.4. The molecular weight excluding hydrogens is 431 g/mol. The second kappa shape index (κ2) is 10.8. The molecule has 0 unspecified atom stereocenters. The van der Waals surface area contributed by atoms with E-state index in [4.69, 9.17) is 4.42 Å². The second-order valence-corrected chi connectivity index (χ2v) is 8.24. The Bertz CT molecular complexity index is 1250. The zero-order valence-electron chi connectivity index (χ0n) is 19.1. The van der Waals surface area contributed by atoms with Gasteiger partial charge in [-0.15, -0.1) is 0 Å². The molecule has 5 nitrogen and oxygen atoms in total. The van der Waals surface area contributed by atoms with Crippen LogP contribution in [0.5, 0.6) is 0 Å². The number of carbonyl (C=O) groups excluding carboxylic acids is 2. The minimum absolute atomic E-state index is 0.0542. The summed E-state index contributed by atoms with van der Waals surface area (Å²) in [5.41, 5.74) is 1.35. The predicted molar refractivity (Wildman–Crippen MR) is 130 cm³/mol. The molecule has 0 aliphatic heterocycles. The molecule has 0 aliphatic carbocycles. The van der Waals surface area contributed by atoms with Crippen LogP contribution in [0.15, 0.2) is 89.5 Å². The molecule has 174 valence electrons. The highest BCUT2D eigenvalue weighted by molar-refractivity contribution is 6.00. The van der Waals surface area contributed by atoms with Gasteiger partial charge in [-0.2, -0.15) is 0 Å². The van der Waals surface area contributed by atoms with E-state index in [1.165, 1.54) is 12.1 Å². The monoisotopic (exact) mass is 458 g/mol. The van der Waals surface area contributed by atoms with Gasteiger partial charge in [0, 0.05) is 18.7 Å². The maximum absolute atomic E-state index is 13.4. The molecule has 0 spiro atoms. The summed E-state index contributed by atoms with van der Waals surface area (Å²) in [4.78, 5) is 30.0. The van der Waals surface area contributed by atoms with Crippen molar-refractivity contribution in [3.63, 3.8) is 0 Å². The number of carbonyl (C=O) groups is 2. The molecule has 3 aromatic carbocycles. The Morgan fingerprint density at radius 3 is 2.32 bits per heavy atom. The third-order valence-electron chi connectivity index (χ3n) is 5.67. The largest absolute Gasteiger partial charge is 0.467 e. The van der Waals surface area contributed by atoms with E-state index in [1.807, 2.05) is 43.3 Å². The molecule has 0 saturated heterocycles. The van der Waals surface area contributed by atoms with Crippen LogP contribution >= 0.6 is 0 Å². The summed E-state index contributed by atoms with van der Waals surface area (Å²) < 4.78 is 18.8. The zero-order valence-corrected chi connectivity index (χ0v) is 19.1. The van der Waals surface area contributed by atoms with Gasteiger partial charge in [0.15, 0.2) is 0 Å². The highest BCUT2D eigenvalue weighted by atomic mass is 19.1. The number of fused-ring (bicyclic) bond motifs is 1. The normalized spacial score (nSPS) is 10.9. The Labute approximate surface area is 198 Å². The first-order valence-electron chi connectivity index (χ1n) is 11.4. The molecule has 0 saturated carbocycles. The van der Waals surface area contributed by atoms with Crippen molar-refractivity contribution in [1.29, 1.82) is 0 Å². The van der Waals surface area contributed by atoms with E-state index in [-0.39, 0.29) is 37.3 Å². The molecule has 0 fully saturated rings. The van der Waals surface area contributed by atoms with Crippen molar-refractivity contribution in [2.45, 2.75) is 26.4 Å². The van der Waals surface area contributed by atoms with E-state index in [2.05, 4.69) is 0 Å². The summed E-state index contributed by atoms with van der Waals surface area (Å²) in [6, 6.07) is 23.1.